The van der Waals surface area contributed by atoms with Gasteiger partial charge in [-0.25, -0.2) is 0 Å². The summed E-state index contributed by atoms with van der Waals surface area (Å²) in [6, 6.07) is 24.3. The monoisotopic (exact) mass is 516 g/mol. The second-order valence-electron chi connectivity index (χ2n) is 7.34. The summed E-state index contributed by atoms with van der Waals surface area (Å²) in [6.45, 7) is 8.61. The lowest BCUT2D eigenvalue weighted by molar-refractivity contribution is 0.318. The van der Waals surface area contributed by atoms with Crippen molar-refractivity contribution in [1.82, 2.24) is 0 Å². The van der Waals surface area contributed by atoms with E-state index in [2.05, 4.69) is 61.1 Å². The SMILES string of the molecule is CC.CC.SCCCCc1cc(C#Cc2ccccc2)c(OCCCS)cc1C#Cc1ccccc1. The van der Waals surface area contributed by atoms with E-state index < -0.39 is 0 Å². The minimum atomic E-state index is 0.605. The van der Waals surface area contributed by atoms with Gasteiger partial charge in [-0.2, -0.15) is 25.3 Å². The van der Waals surface area contributed by atoms with E-state index in [1.807, 2.05) is 88.4 Å². The molecular formula is C33H40OS2. The highest BCUT2D eigenvalue weighted by molar-refractivity contribution is 7.80. The fourth-order valence-corrected chi connectivity index (χ4v) is 3.51. The van der Waals surface area contributed by atoms with Crippen LogP contribution < -0.4 is 4.74 Å². The molecule has 0 aliphatic carbocycles. The minimum absolute atomic E-state index is 0.605. The number of hydrogen-bond acceptors (Lipinski definition) is 3. The first-order valence-electron chi connectivity index (χ1n) is 13.0. The van der Waals surface area contributed by atoms with Crippen molar-refractivity contribution < 1.29 is 4.74 Å². The zero-order valence-electron chi connectivity index (χ0n) is 22.2. The van der Waals surface area contributed by atoms with Gasteiger partial charge in [-0.15, -0.1) is 0 Å². The molecule has 0 spiro atoms. The Kier molecular flexibility index (Phi) is 17.8. The molecule has 0 aromatic heterocycles. The molecule has 3 rings (SSSR count). The molecule has 0 amide bonds. The lowest BCUT2D eigenvalue weighted by atomic mass is 9.98. The topological polar surface area (TPSA) is 9.23 Å². The summed E-state index contributed by atoms with van der Waals surface area (Å²) in [6.07, 6.45) is 3.95. The van der Waals surface area contributed by atoms with Crippen LogP contribution in [0.1, 0.15) is 74.8 Å². The molecule has 0 N–H and O–H groups in total. The average molecular weight is 517 g/mol. The van der Waals surface area contributed by atoms with Gasteiger partial charge >= 0.3 is 0 Å². The summed E-state index contributed by atoms with van der Waals surface area (Å²) in [5.41, 5.74) is 5.09. The number of ether oxygens (including phenoxy) is 1. The van der Waals surface area contributed by atoms with E-state index in [9.17, 15) is 0 Å². The Hall–Kier alpha value is -2.72. The van der Waals surface area contributed by atoms with Crippen LogP contribution in [0.5, 0.6) is 5.75 Å². The van der Waals surface area contributed by atoms with Crippen LogP contribution in [0, 0.1) is 23.7 Å². The summed E-state index contributed by atoms with van der Waals surface area (Å²) < 4.78 is 6.11. The number of unbranched alkanes of at least 4 members (excludes halogenated alkanes) is 1. The lowest BCUT2D eigenvalue weighted by Crippen LogP contribution is -2.02. The van der Waals surface area contributed by atoms with Crippen LogP contribution in [0.3, 0.4) is 0 Å². The van der Waals surface area contributed by atoms with E-state index in [1.165, 1.54) is 5.56 Å². The Morgan fingerprint density at radius 3 is 1.67 bits per heavy atom. The number of benzene rings is 3. The first kappa shape index (κ1) is 31.3. The lowest BCUT2D eigenvalue weighted by Gasteiger charge is -2.12. The Morgan fingerprint density at radius 2 is 1.14 bits per heavy atom. The maximum Gasteiger partial charge on any atom is 0.136 e. The predicted molar refractivity (Wildman–Crippen MR) is 165 cm³/mol. The minimum Gasteiger partial charge on any atom is -0.492 e. The van der Waals surface area contributed by atoms with Gasteiger partial charge in [0.25, 0.3) is 0 Å². The molecule has 3 heteroatoms. The Balaban J connectivity index is 0.00000154. The summed E-state index contributed by atoms with van der Waals surface area (Å²) in [7, 11) is 0. The maximum atomic E-state index is 6.11. The molecule has 0 unspecified atom stereocenters. The first-order valence-corrected chi connectivity index (χ1v) is 14.2. The van der Waals surface area contributed by atoms with E-state index in [4.69, 9.17) is 4.74 Å². The van der Waals surface area contributed by atoms with Crippen LogP contribution in [-0.2, 0) is 6.42 Å². The van der Waals surface area contributed by atoms with Crippen molar-refractivity contribution in [3.63, 3.8) is 0 Å². The smallest absolute Gasteiger partial charge is 0.136 e. The summed E-state index contributed by atoms with van der Waals surface area (Å²) in [5, 5.41) is 0. The van der Waals surface area contributed by atoms with E-state index in [1.54, 1.807) is 0 Å². The van der Waals surface area contributed by atoms with Gasteiger partial charge in [0.05, 0.1) is 12.2 Å². The molecule has 0 bridgehead atoms. The molecule has 0 heterocycles. The third-order valence-corrected chi connectivity index (χ3v) is 5.48. The normalized spacial score (nSPS) is 9.17. The Morgan fingerprint density at radius 1 is 0.611 bits per heavy atom. The zero-order chi connectivity index (χ0) is 26.4. The third-order valence-electron chi connectivity index (χ3n) is 4.85. The molecule has 0 fully saturated rings. The van der Waals surface area contributed by atoms with Crippen molar-refractivity contribution in [3.8, 4) is 29.4 Å². The molecule has 3 aromatic carbocycles. The standard InChI is InChI=1S/C29H28OS2.2C2H6/c31-20-8-7-14-26-22-28(18-16-25-12-5-2-6-13-25)29(30-19-9-21-32)23-27(26)17-15-24-10-3-1-4-11-24;2*1-2/h1-6,10-13,22-23,31-32H,7-9,14,19-21H2;2*1-2H3. The first-order chi connectivity index (χ1) is 17.8. The maximum absolute atomic E-state index is 6.11. The van der Waals surface area contributed by atoms with E-state index >= 15 is 0 Å². The number of aryl methyl sites for hydroxylation is 1. The number of thiol groups is 2. The fraction of sp³-hybridized carbons (Fsp3) is 0.333. The molecule has 0 aliphatic heterocycles. The highest BCUT2D eigenvalue weighted by Crippen LogP contribution is 2.25. The largest absolute Gasteiger partial charge is 0.492 e. The Bertz CT molecular complexity index is 1010. The van der Waals surface area contributed by atoms with Gasteiger partial charge in [-0.05, 0) is 79.2 Å². The fourth-order valence-electron chi connectivity index (χ4n) is 3.16. The van der Waals surface area contributed by atoms with Crippen LogP contribution in [0.25, 0.3) is 0 Å². The van der Waals surface area contributed by atoms with E-state index in [-0.39, 0.29) is 0 Å². The molecule has 0 saturated carbocycles. The van der Waals surface area contributed by atoms with Crippen LogP contribution in [0.4, 0.5) is 0 Å². The quantitative estimate of drug-likeness (QED) is 0.173. The second kappa shape index (κ2) is 20.5. The molecule has 0 radical (unpaired) electrons. The third kappa shape index (κ3) is 11.8. The van der Waals surface area contributed by atoms with E-state index in [0.29, 0.717) is 6.61 Å². The van der Waals surface area contributed by atoms with Gasteiger partial charge in [0.2, 0.25) is 0 Å². The van der Waals surface area contributed by atoms with Gasteiger partial charge in [-0.3, -0.25) is 0 Å². The highest BCUT2D eigenvalue weighted by Gasteiger charge is 2.10. The van der Waals surface area contributed by atoms with Crippen molar-refractivity contribution in [2.24, 2.45) is 0 Å². The molecule has 36 heavy (non-hydrogen) atoms. The number of hydrogen-bond donors (Lipinski definition) is 2. The zero-order valence-corrected chi connectivity index (χ0v) is 24.0. The van der Waals surface area contributed by atoms with Crippen LogP contribution >= 0.6 is 25.3 Å². The molecule has 0 atom stereocenters. The molecule has 1 nitrogen and oxygen atoms in total. The second-order valence-corrected chi connectivity index (χ2v) is 8.24. The summed E-state index contributed by atoms with van der Waals surface area (Å²) in [5.74, 6) is 15.7. The van der Waals surface area contributed by atoms with Crippen molar-refractivity contribution in [1.29, 1.82) is 0 Å². The average Bonchev–Trinajstić information content (AvgIpc) is 2.95. The van der Waals surface area contributed by atoms with Gasteiger partial charge in [0.15, 0.2) is 0 Å². The van der Waals surface area contributed by atoms with Gasteiger partial charge in [0.1, 0.15) is 5.75 Å². The summed E-state index contributed by atoms with van der Waals surface area (Å²) >= 11 is 8.67. The van der Waals surface area contributed by atoms with Gasteiger partial charge in [-0.1, -0.05) is 87.8 Å². The van der Waals surface area contributed by atoms with E-state index in [0.717, 1.165) is 65.2 Å². The molecular weight excluding hydrogens is 476 g/mol. The summed E-state index contributed by atoms with van der Waals surface area (Å²) in [4.78, 5) is 0. The molecule has 0 aliphatic rings. The number of rotatable bonds is 8. The van der Waals surface area contributed by atoms with Crippen molar-refractivity contribution in [3.05, 3.63) is 101 Å². The Labute approximate surface area is 230 Å². The molecule has 190 valence electrons. The van der Waals surface area contributed by atoms with Crippen molar-refractivity contribution in [2.45, 2.75) is 53.4 Å². The molecule has 3 aromatic rings. The van der Waals surface area contributed by atoms with Crippen molar-refractivity contribution in [2.75, 3.05) is 18.1 Å². The predicted octanol–water partition coefficient (Wildman–Crippen LogP) is 8.49. The van der Waals surface area contributed by atoms with Gasteiger partial charge < -0.3 is 4.74 Å². The van der Waals surface area contributed by atoms with Crippen molar-refractivity contribution >= 4 is 25.3 Å². The van der Waals surface area contributed by atoms with Gasteiger partial charge in [0, 0.05) is 16.7 Å². The highest BCUT2D eigenvalue weighted by atomic mass is 32.1. The van der Waals surface area contributed by atoms with Crippen LogP contribution in [0.2, 0.25) is 0 Å². The van der Waals surface area contributed by atoms with Crippen LogP contribution in [-0.4, -0.2) is 18.1 Å². The molecule has 0 saturated heterocycles. The van der Waals surface area contributed by atoms with Crippen LogP contribution in [0.15, 0.2) is 72.8 Å².